The Morgan fingerprint density at radius 3 is 2.61 bits per heavy atom. The molecule has 0 aliphatic heterocycles. The molecule has 0 aliphatic rings. The number of nitrogens with two attached hydrogens (primary N) is 1. The van der Waals surface area contributed by atoms with Crippen LogP contribution in [0.4, 0.5) is 0 Å². The number of aromatic nitrogens is 2. The number of nitrogens with zero attached hydrogens (tertiary/aromatic N) is 2. The van der Waals surface area contributed by atoms with Crippen LogP contribution >= 0.6 is 15.9 Å². The molecule has 0 fully saturated rings. The third-order valence-electron chi connectivity index (χ3n) is 3.00. The van der Waals surface area contributed by atoms with Crippen molar-refractivity contribution < 1.29 is 0 Å². The summed E-state index contributed by atoms with van der Waals surface area (Å²) in [7, 11) is 0. The molecular formula is C14H18BrN3. The fourth-order valence-corrected chi connectivity index (χ4v) is 2.79. The van der Waals surface area contributed by atoms with Gasteiger partial charge in [-0.25, -0.2) is 0 Å². The highest BCUT2D eigenvalue weighted by Crippen LogP contribution is 2.28. The lowest BCUT2D eigenvalue weighted by Gasteiger charge is -2.18. The van der Waals surface area contributed by atoms with Crippen molar-refractivity contribution in [3.05, 3.63) is 51.8 Å². The van der Waals surface area contributed by atoms with Gasteiger partial charge in [-0.2, -0.15) is 5.10 Å². The summed E-state index contributed by atoms with van der Waals surface area (Å²) in [6, 6.07) is 8.37. The van der Waals surface area contributed by atoms with Crippen LogP contribution in [0.2, 0.25) is 0 Å². The lowest BCUT2D eigenvalue weighted by molar-refractivity contribution is 0.499. The van der Waals surface area contributed by atoms with Gasteiger partial charge in [0, 0.05) is 16.7 Å². The molecule has 0 spiro atoms. The Morgan fingerprint density at radius 2 is 2.00 bits per heavy atom. The van der Waals surface area contributed by atoms with Crippen molar-refractivity contribution in [3.8, 4) is 0 Å². The lowest BCUT2D eigenvalue weighted by Crippen LogP contribution is -2.19. The van der Waals surface area contributed by atoms with Crippen LogP contribution < -0.4 is 5.73 Å². The van der Waals surface area contributed by atoms with E-state index in [2.05, 4.69) is 60.0 Å². The van der Waals surface area contributed by atoms with Gasteiger partial charge in [-0.05, 0) is 44.0 Å². The zero-order chi connectivity index (χ0) is 13.3. The molecule has 0 aliphatic carbocycles. The van der Waals surface area contributed by atoms with E-state index in [-0.39, 0.29) is 6.04 Å². The topological polar surface area (TPSA) is 43.8 Å². The molecule has 4 heteroatoms. The van der Waals surface area contributed by atoms with E-state index >= 15 is 0 Å². The molecule has 1 aromatic carbocycles. The summed E-state index contributed by atoms with van der Waals surface area (Å²) in [5.41, 5.74) is 9.70. The summed E-state index contributed by atoms with van der Waals surface area (Å²) in [6.07, 6.45) is 1.80. The zero-order valence-corrected chi connectivity index (χ0v) is 12.5. The molecule has 0 radical (unpaired) electrons. The number of aryl methyl sites for hydroxylation is 1. The molecular weight excluding hydrogens is 290 g/mol. The number of hydrogen-bond acceptors (Lipinski definition) is 2. The highest BCUT2D eigenvalue weighted by molar-refractivity contribution is 9.10. The third-order valence-corrected chi connectivity index (χ3v) is 3.69. The first-order chi connectivity index (χ1) is 8.50. The van der Waals surface area contributed by atoms with Gasteiger partial charge in [-0.3, -0.25) is 4.68 Å². The maximum absolute atomic E-state index is 6.36. The maximum atomic E-state index is 6.36. The maximum Gasteiger partial charge on any atom is 0.0734 e. The van der Waals surface area contributed by atoms with Gasteiger partial charge in [-0.1, -0.05) is 28.1 Å². The first-order valence-electron chi connectivity index (χ1n) is 6.05. The monoisotopic (exact) mass is 307 g/mol. The highest BCUT2D eigenvalue weighted by atomic mass is 79.9. The van der Waals surface area contributed by atoms with E-state index in [0.717, 1.165) is 15.7 Å². The lowest BCUT2D eigenvalue weighted by atomic mass is 10.0. The van der Waals surface area contributed by atoms with Gasteiger partial charge in [0.25, 0.3) is 0 Å². The molecule has 0 amide bonds. The molecule has 96 valence electrons. The van der Waals surface area contributed by atoms with Crippen LogP contribution in [-0.4, -0.2) is 9.78 Å². The third kappa shape index (κ3) is 2.49. The molecule has 2 aromatic rings. The molecule has 0 saturated heterocycles. The number of halogens is 1. The average molecular weight is 308 g/mol. The molecule has 1 atom stereocenters. The minimum Gasteiger partial charge on any atom is -0.319 e. The van der Waals surface area contributed by atoms with Crippen molar-refractivity contribution in [2.45, 2.75) is 32.9 Å². The minimum atomic E-state index is -0.162. The van der Waals surface area contributed by atoms with E-state index in [0.29, 0.717) is 6.04 Å². The SMILES string of the molecule is Cc1ccc(C(N)c2ccnn2C(C)C)c(Br)c1. The van der Waals surface area contributed by atoms with Crippen LogP contribution in [0.25, 0.3) is 0 Å². The van der Waals surface area contributed by atoms with Crippen LogP contribution in [-0.2, 0) is 0 Å². The fourth-order valence-electron chi connectivity index (χ4n) is 2.05. The second-order valence-corrected chi connectivity index (χ2v) is 5.65. The fraction of sp³-hybridized carbons (Fsp3) is 0.357. The molecule has 2 rings (SSSR count). The van der Waals surface area contributed by atoms with E-state index in [9.17, 15) is 0 Å². The van der Waals surface area contributed by atoms with E-state index in [1.165, 1.54) is 5.56 Å². The predicted octanol–water partition coefficient (Wildman–Crippen LogP) is 3.58. The normalized spacial score (nSPS) is 13.0. The van der Waals surface area contributed by atoms with Crippen molar-refractivity contribution in [2.75, 3.05) is 0 Å². The molecule has 0 bridgehead atoms. The smallest absolute Gasteiger partial charge is 0.0734 e. The first-order valence-corrected chi connectivity index (χ1v) is 6.85. The minimum absolute atomic E-state index is 0.162. The van der Waals surface area contributed by atoms with Gasteiger partial charge in [0.2, 0.25) is 0 Å². The molecule has 1 unspecified atom stereocenters. The molecule has 2 N–H and O–H groups in total. The van der Waals surface area contributed by atoms with E-state index in [4.69, 9.17) is 5.73 Å². The van der Waals surface area contributed by atoms with Gasteiger partial charge in [0.1, 0.15) is 0 Å². The van der Waals surface area contributed by atoms with Crippen molar-refractivity contribution >= 4 is 15.9 Å². The second kappa shape index (κ2) is 5.24. The Kier molecular flexibility index (Phi) is 3.88. The Hall–Kier alpha value is -1.13. The van der Waals surface area contributed by atoms with Gasteiger partial charge < -0.3 is 5.73 Å². The number of hydrogen-bond donors (Lipinski definition) is 1. The molecule has 1 aromatic heterocycles. The Balaban J connectivity index is 2.41. The second-order valence-electron chi connectivity index (χ2n) is 4.80. The molecule has 18 heavy (non-hydrogen) atoms. The van der Waals surface area contributed by atoms with Gasteiger partial charge in [-0.15, -0.1) is 0 Å². The first kappa shape index (κ1) is 13.3. The van der Waals surface area contributed by atoms with Gasteiger partial charge >= 0.3 is 0 Å². The standard InChI is InChI=1S/C14H18BrN3/c1-9(2)18-13(6-7-17-18)14(16)11-5-4-10(3)8-12(11)15/h4-9,14H,16H2,1-3H3. The van der Waals surface area contributed by atoms with Gasteiger partial charge in [0.05, 0.1) is 11.7 Å². The number of benzene rings is 1. The van der Waals surface area contributed by atoms with Crippen LogP contribution in [0.3, 0.4) is 0 Å². The van der Waals surface area contributed by atoms with Crippen molar-refractivity contribution in [1.29, 1.82) is 0 Å². The van der Waals surface area contributed by atoms with Crippen LogP contribution in [0.15, 0.2) is 34.9 Å². The van der Waals surface area contributed by atoms with E-state index < -0.39 is 0 Å². The quantitative estimate of drug-likeness (QED) is 0.942. The highest BCUT2D eigenvalue weighted by Gasteiger charge is 2.17. The van der Waals surface area contributed by atoms with E-state index in [1.54, 1.807) is 6.20 Å². The van der Waals surface area contributed by atoms with Crippen molar-refractivity contribution in [1.82, 2.24) is 9.78 Å². The molecule has 0 saturated carbocycles. The van der Waals surface area contributed by atoms with E-state index in [1.807, 2.05) is 10.7 Å². The van der Waals surface area contributed by atoms with Crippen LogP contribution in [0, 0.1) is 6.92 Å². The summed E-state index contributed by atoms with van der Waals surface area (Å²) < 4.78 is 3.02. The largest absolute Gasteiger partial charge is 0.319 e. The molecule has 3 nitrogen and oxygen atoms in total. The van der Waals surface area contributed by atoms with Crippen molar-refractivity contribution in [3.63, 3.8) is 0 Å². The number of rotatable bonds is 3. The Morgan fingerprint density at radius 1 is 1.28 bits per heavy atom. The summed E-state index contributed by atoms with van der Waals surface area (Å²) in [4.78, 5) is 0. The van der Waals surface area contributed by atoms with Crippen LogP contribution in [0.1, 0.15) is 42.8 Å². The summed E-state index contributed by atoms with van der Waals surface area (Å²) >= 11 is 3.59. The summed E-state index contributed by atoms with van der Waals surface area (Å²) in [5, 5.41) is 4.33. The summed E-state index contributed by atoms with van der Waals surface area (Å²) in [6.45, 7) is 6.28. The van der Waals surface area contributed by atoms with Crippen molar-refractivity contribution in [2.24, 2.45) is 5.73 Å². The Bertz CT molecular complexity index is 546. The molecule has 1 heterocycles. The van der Waals surface area contributed by atoms with Gasteiger partial charge in [0.15, 0.2) is 0 Å². The van der Waals surface area contributed by atoms with Crippen LogP contribution in [0.5, 0.6) is 0 Å². The summed E-state index contributed by atoms with van der Waals surface area (Å²) in [5.74, 6) is 0. The Labute approximate surface area is 116 Å². The predicted molar refractivity (Wildman–Crippen MR) is 77.5 cm³/mol. The zero-order valence-electron chi connectivity index (χ0n) is 10.9. The average Bonchev–Trinajstić information content (AvgIpc) is 2.77.